The number of aliphatic hydroxyl groups is 4. The predicted octanol–water partition coefficient (Wildman–Crippen LogP) is -1.25. The quantitative estimate of drug-likeness (QED) is 0.0718. The first-order valence-electron chi connectivity index (χ1n) is 13.2. The zero-order valence-corrected chi connectivity index (χ0v) is 24.7. The molecular weight excluding hydrogens is 630 g/mol. The van der Waals surface area contributed by atoms with Crippen LogP contribution in [-0.2, 0) is 27.2 Å². The van der Waals surface area contributed by atoms with Gasteiger partial charge in [0.05, 0.1) is 31.2 Å². The minimum Gasteiger partial charge on any atom is -0.390 e. The van der Waals surface area contributed by atoms with Gasteiger partial charge in [0.1, 0.15) is 36.3 Å². The number of aromatic nitrogens is 5. The fourth-order valence-electron chi connectivity index (χ4n) is 5.16. The number of imidazole rings is 1. The van der Waals surface area contributed by atoms with Crippen LogP contribution in [0, 0.1) is 5.92 Å². The molecule has 1 saturated carbocycles. The molecule has 240 valence electrons. The first-order valence-corrected chi connectivity index (χ1v) is 16.1. The van der Waals surface area contributed by atoms with Crippen molar-refractivity contribution in [2.24, 2.45) is 5.92 Å². The Balaban J connectivity index is 1.16. The molecule has 0 radical (unpaired) electrons. The van der Waals surface area contributed by atoms with Crippen molar-refractivity contribution in [2.45, 2.75) is 56.1 Å². The molecule has 3 aromatic heterocycles. The summed E-state index contributed by atoms with van der Waals surface area (Å²) < 4.78 is 47.2. The van der Waals surface area contributed by atoms with Crippen molar-refractivity contribution >= 4 is 38.4 Å². The van der Waals surface area contributed by atoms with Gasteiger partial charge in [-0.05, 0) is 13.0 Å². The molecule has 19 nitrogen and oxygen atoms in total. The van der Waals surface area contributed by atoms with Crippen molar-refractivity contribution in [2.75, 3.05) is 18.9 Å². The van der Waals surface area contributed by atoms with Crippen LogP contribution in [0.3, 0.4) is 0 Å². The lowest BCUT2D eigenvalue weighted by Gasteiger charge is -2.20. The van der Waals surface area contributed by atoms with E-state index >= 15 is 0 Å². The molecule has 0 amide bonds. The Hall–Kier alpha value is -2.77. The average Bonchev–Trinajstić information content (AvgIpc) is 3.61. The number of fused-ring (bicyclic) bond motifs is 1. The second-order valence-electron chi connectivity index (χ2n) is 10.4. The molecule has 2 aliphatic rings. The molecular formula is C23H31N6O13P2+. The molecule has 0 aromatic carbocycles. The van der Waals surface area contributed by atoms with Gasteiger partial charge < -0.3 is 40.7 Å². The minimum absolute atomic E-state index is 0.0624. The van der Waals surface area contributed by atoms with Crippen LogP contribution >= 0.6 is 15.6 Å². The molecule has 1 saturated heterocycles. The number of nitrogens with zero attached hydrogens (tertiary/aromatic N) is 5. The van der Waals surface area contributed by atoms with Crippen molar-refractivity contribution < 1.29 is 66.8 Å². The van der Waals surface area contributed by atoms with Crippen LogP contribution in [0.5, 0.6) is 0 Å². The fourth-order valence-corrected chi connectivity index (χ4v) is 7.29. The van der Waals surface area contributed by atoms with Gasteiger partial charge in [-0.1, -0.05) is 0 Å². The molecule has 5 rings (SSSR count). The number of nitrogens with two attached hydrogens (primary N) is 1. The highest BCUT2D eigenvalue weighted by molar-refractivity contribution is 7.61. The van der Waals surface area contributed by atoms with Gasteiger partial charge in [0, 0.05) is 18.4 Å². The number of carbonyl (C=O) groups is 1. The van der Waals surface area contributed by atoms with Crippen molar-refractivity contribution in [1.29, 1.82) is 0 Å². The zero-order valence-electron chi connectivity index (χ0n) is 23.0. The van der Waals surface area contributed by atoms with Crippen LogP contribution < -0.4 is 10.3 Å². The maximum absolute atomic E-state index is 12.5. The van der Waals surface area contributed by atoms with Crippen molar-refractivity contribution in [1.82, 2.24) is 19.5 Å². The zero-order chi connectivity index (χ0) is 32.0. The monoisotopic (exact) mass is 661 g/mol. The molecule has 3 aromatic rings. The van der Waals surface area contributed by atoms with E-state index in [1.165, 1.54) is 28.6 Å². The smallest absolute Gasteiger partial charge is 0.390 e. The number of anilines is 1. The third-order valence-electron chi connectivity index (χ3n) is 7.44. The normalized spacial score (nSPS) is 31.6. The molecule has 2 unspecified atom stereocenters. The van der Waals surface area contributed by atoms with E-state index in [0.29, 0.717) is 5.56 Å². The average molecular weight is 661 g/mol. The summed E-state index contributed by atoms with van der Waals surface area (Å²) in [5, 5.41) is 42.0. The molecule has 1 aliphatic heterocycles. The number of Topliss-reactive ketones (excluding diaryl/α,β-unsaturated/α-hetero) is 1. The molecule has 0 spiro atoms. The van der Waals surface area contributed by atoms with Crippen molar-refractivity contribution in [3.8, 4) is 0 Å². The lowest BCUT2D eigenvalue weighted by atomic mass is 10.1. The largest absolute Gasteiger partial charge is 0.481 e. The number of ether oxygens (including phenoxy) is 1. The van der Waals surface area contributed by atoms with E-state index in [4.69, 9.17) is 19.5 Å². The fraction of sp³-hybridized carbons (Fsp3) is 0.522. The Kier molecular flexibility index (Phi) is 9.31. The Morgan fingerprint density at radius 1 is 1.07 bits per heavy atom. The Bertz CT molecular complexity index is 1630. The van der Waals surface area contributed by atoms with Gasteiger partial charge in [-0.15, -0.1) is 0 Å². The summed E-state index contributed by atoms with van der Waals surface area (Å²) in [5.74, 6) is -1.04. The molecule has 10 atom stereocenters. The van der Waals surface area contributed by atoms with Crippen molar-refractivity contribution in [3.63, 3.8) is 0 Å². The maximum atomic E-state index is 12.5. The number of phosphoric acid groups is 2. The SMILES string of the molecule is CC(=O)c1ccc[n+]([C@@H]2C[C@H](COP(=O)(O)OP(=O)(O)OC[C@H]3O[C@@H](n4cnc5c(N)ncnc54)[C@H](O)[C@@H]3O)[C@@H](O)[C@H]2O)c1. The third-order valence-corrected chi connectivity index (χ3v) is 10.0. The van der Waals surface area contributed by atoms with Gasteiger partial charge in [0.25, 0.3) is 0 Å². The molecule has 0 bridgehead atoms. The lowest BCUT2D eigenvalue weighted by Crippen LogP contribution is -2.45. The minimum atomic E-state index is -5.32. The molecule has 8 N–H and O–H groups in total. The van der Waals surface area contributed by atoms with Crippen LogP contribution in [0.25, 0.3) is 11.2 Å². The van der Waals surface area contributed by atoms with E-state index < -0.39 is 77.6 Å². The summed E-state index contributed by atoms with van der Waals surface area (Å²) in [6.45, 7) is -0.143. The van der Waals surface area contributed by atoms with Crippen LogP contribution in [0.2, 0.25) is 0 Å². The summed E-state index contributed by atoms with van der Waals surface area (Å²) in [6, 6.07) is 2.47. The molecule has 2 fully saturated rings. The summed E-state index contributed by atoms with van der Waals surface area (Å²) in [5.41, 5.74) is 6.52. The summed E-state index contributed by atoms with van der Waals surface area (Å²) in [7, 11) is -10.6. The highest BCUT2D eigenvalue weighted by Gasteiger charge is 2.49. The molecule has 1 aliphatic carbocycles. The number of aliphatic hydroxyl groups excluding tert-OH is 4. The predicted molar refractivity (Wildman–Crippen MR) is 144 cm³/mol. The van der Waals surface area contributed by atoms with E-state index in [2.05, 4.69) is 19.3 Å². The second kappa shape index (κ2) is 12.6. The van der Waals surface area contributed by atoms with E-state index in [0.717, 1.165) is 6.33 Å². The second-order valence-corrected chi connectivity index (χ2v) is 13.4. The Labute approximate surface area is 248 Å². The Morgan fingerprint density at radius 3 is 2.48 bits per heavy atom. The number of hydrogen-bond donors (Lipinski definition) is 7. The maximum Gasteiger partial charge on any atom is 0.481 e. The molecule has 4 heterocycles. The first kappa shape index (κ1) is 32.6. The number of hydrogen-bond acceptors (Lipinski definition) is 15. The topological polar surface area (TPSA) is 283 Å². The molecule has 21 heteroatoms. The summed E-state index contributed by atoms with van der Waals surface area (Å²) >= 11 is 0. The van der Waals surface area contributed by atoms with Gasteiger partial charge in [0.15, 0.2) is 41.9 Å². The van der Waals surface area contributed by atoms with Crippen LogP contribution in [0.15, 0.2) is 37.2 Å². The van der Waals surface area contributed by atoms with Gasteiger partial charge in [-0.25, -0.2) is 24.1 Å². The number of ketones is 1. The van der Waals surface area contributed by atoms with Gasteiger partial charge >= 0.3 is 15.6 Å². The standard InChI is InChI=1S/C23H30N6O13P2/c1-11(30)12-3-2-4-28(6-12)14-5-13(17(31)18(14)32)7-39-43(35,36)42-44(37,38)40-8-15-19(33)20(34)23(41-15)29-10-27-16-21(24)25-9-26-22(16)29/h2-4,6,9-10,13-15,17-20,23,31-34H,5,7-8H2,1H3,(H3-,24,25,26,35,36,37,38)/p+1/t13-,14-,15-,17-,18+,19-,20-,23-/m1/s1. The van der Waals surface area contributed by atoms with E-state index in [-0.39, 0.29) is 29.2 Å². The van der Waals surface area contributed by atoms with Crippen LogP contribution in [0.1, 0.15) is 36.0 Å². The van der Waals surface area contributed by atoms with E-state index in [9.17, 15) is 44.1 Å². The number of rotatable bonds is 11. The van der Waals surface area contributed by atoms with Crippen LogP contribution in [-0.4, -0.2) is 99.2 Å². The van der Waals surface area contributed by atoms with Crippen LogP contribution in [0.4, 0.5) is 5.82 Å². The van der Waals surface area contributed by atoms with Gasteiger partial charge in [-0.3, -0.25) is 18.4 Å². The number of carbonyl (C=O) groups excluding carboxylic acids is 1. The Morgan fingerprint density at radius 2 is 1.77 bits per heavy atom. The van der Waals surface area contributed by atoms with Gasteiger partial charge in [-0.2, -0.15) is 8.88 Å². The number of phosphoric ester groups is 2. The van der Waals surface area contributed by atoms with Gasteiger partial charge in [0.2, 0.25) is 0 Å². The lowest BCUT2D eigenvalue weighted by molar-refractivity contribution is -0.728. The summed E-state index contributed by atoms with van der Waals surface area (Å²) in [6.07, 6.45) is -3.03. The molecule has 44 heavy (non-hydrogen) atoms. The first-order chi connectivity index (χ1) is 20.7. The summed E-state index contributed by atoms with van der Waals surface area (Å²) in [4.78, 5) is 43.7. The van der Waals surface area contributed by atoms with E-state index in [1.807, 2.05) is 0 Å². The third kappa shape index (κ3) is 6.74. The number of pyridine rings is 1. The highest BCUT2D eigenvalue weighted by Crippen LogP contribution is 2.61. The highest BCUT2D eigenvalue weighted by atomic mass is 31.3. The number of nitrogen functional groups attached to an aromatic ring is 1. The van der Waals surface area contributed by atoms with E-state index in [1.54, 1.807) is 18.3 Å². The van der Waals surface area contributed by atoms with Crippen molar-refractivity contribution in [3.05, 3.63) is 42.7 Å².